The lowest BCUT2D eigenvalue weighted by molar-refractivity contribution is -0.144. The Morgan fingerprint density at radius 3 is 2.50 bits per heavy atom. The van der Waals surface area contributed by atoms with Gasteiger partial charge < -0.3 is 25.0 Å². The van der Waals surface area contributed by atoms with Crippen molar-refractivity contribution in [3.05, 3.63) is 0 Å². The van der Waals surface area contributed by atoms with Crippen molar-refractivity contribution >= 4 is 12.1 Å². The van der Waals surface area contributed by atoms with Crippen LogP contribution in [0.3, 0.4) is 0 Å². The van der Waals surface area contributed by atoms with Crippen LogP contribution in [0.4, 0.5) is 4.79 Å². The zero-order valence-electron chi connectivity index (χ0n) is 7.73. The third kappa shape index (κ3) is 4.63. The van der Waals surface area contributed by atoms with Crippen LogP contribution in [-0.4, -0.2) is 55.2 Å². The van der Waals surface area contributed by atoms with Crippen LogP contribution in [0.2, 0.25) is 0 Å². The van der Waals surface area contributed by atoms with E-state index in [2.05, 4.69) is 14.8 Å². The molecule has 0 fully saturated rings. The minimum Gasteiger partial charge on any atom is -0.467 e. The number of carbonyl (C=O) groups excluding carboxylic acids is 2. The van der Waals surface area contributed by atoms with Crippen LogP contribution in [0.1, 0.15) is 0 Å². The number of methoxy groups -OCH3 is 1. The molecule has 3 N–H and O–H groups in total. The first kappa shape index (κ1) is 12.7. The number of aliphatic hydroxyl groups is 2. The van der Waals surface area contributed by atoms with E-state index in [1.807, 2.05) is 0 Å². The molecule has 0 spiro atoms. The van der Waals surface area contributed by atoms with E-state index in [0.29, 0.717) is 0 Å². The number of aliphatic hydroxyl groups excluding tert-OH is 2. The average molecular weight is 207 g/mol. The Balaban J connectivity index is 3.92. The van der Waals surface area contributed by atoms with Gasteiger partial charge in [0.2, 0.25) is 0 Å². The summed E-state index contributed by atoms with van der Waals surface area (Å²) in [5, 5.41) is 19.1. The first-order valence-electron chi connectivity index (χ1n) is 3.88. The maximum absolute atomic E-state index is 10.9. The van der Waals surface area contributed by atoms with Gasteiger partial charge in [-0.25, -0.2) is 9.59 Å². The molecule has 0 saturated carbocycles. The molecule has 1 atom stereocenters. The number of carbonyl (C=O) groups is 2. The van der Waals surface area contributed by atoms with E-state index in [-0.39, 0.29) is 13.2 Å². The minimum absolute atomic E-state index is 0.175. The Bertz CT molecular complexity index is 195. The monoisotopic (exact) mass is 207 g/mol. The van der Waals surface area contributed by atoms with Gasteiger partial charge in [0.05, 0.1) is 20.3 Å². The van der Waals surface area contributed by atoms with Gasteiger partial charge in [-0.15, -0.1) is 0 Å². The van der Waals surface area contributed by atoms with Crippen LogP contribution in [0, 0.1) is 0 Å². The molecule has 0 saturated heterocycles. The first-order valence-corrected chi connectivity index (χ1v) is 3.88. The smallest absolute Gasteiger partial charge is 0.408 e. The van der Waals surface area contributed by atoms with Crippen molar-refractivity contribution in [2.24, 2.45) is 0 Å². The second-order valence-electron chi connectivity index (χ2n) is 2.26. The SMILES string of the molecule is COC(=O)C(CO)NC(=O)OCCO. The number of nitrogens with one attached hydrogen (secondary N) is 1. The normalized spacial score (nSPS) is 11.6. The van der Waals surface area contributed by atoms with Gasteiger partial charge in [0.15, 0.2) is 6.04 Å². The minimum atomic E-state index is -1.15. The Hall–Kier alpha value is -1.34. The summed E-state index contributed by atoms with van der Waals surface area (Å²) < 4.78 is 8.69. The predicted octanol–water partition coefficient (Wildman–Crippen LogP) is -1.76. The molecule has 14 heavy (non-hydrogen) atoms. The molecule has 1 unspecified atom stereocenters. The van der Waals surface area contributed by atoms with E-state index in [1.165, 1.54) is 0 Å². The maximum Gasteiger partial charge on any atom is 0.408 e. The largest absolute Gasteiger partial charge is 0.467 e. The summed E-state index contributed by atoms with van der Waals surface area (Å²) in [6.45, 7) is -1.07. The number of hydrogen-bond donors (Lipinski definition) is 3. The average Bonchev–Trinajstić information content (AvgIpc) is 2.21. The van der Waals surface area contributed by atoms with Crippen LogP contribution in [0.25, 0.3) is 0 Å². The molecule has 7 heteroatoms. The number of ether oxygens (including phenoxy) is 2. The molecule has 1 amide bonds. The highest BCUT2D eigenvalue weighted by Crippen LogP contribution is 1.88. The van der Waals surface area contributed by atoms with Crippen LogP contribution in [-0.2, 0) is 14.3 Å². The van der Waals surface area contributed by atoms with Crippen molar-refractivity contribution in [2.75, 3.05) is 26.9 Å². The molecule has 0 heterocycles. The topological polar surface area (TPSA) is 105 Å². The first-order chi connectivity index (χ1) is 6.65. The van der Waals surface area contributed by atoms with E-state index in [0.717, 1.165) is 7.11 Å². The van der Waals surface area contributed by atoms with E-state index in [1.54, 1.807) is 0 Å². The van der Waals surface area contributed by atoms with Gasteiger partial charge in [-0.3, -0.25) is 0 Å². The van der Waals surface area contributed by atoms with Crippen molar-refractivity contribution < 1.29 is 29.3 Å². The second-order valence-corrected chi connectivity index (χ2v) is 2.26. The van der Waals surface area contributed by atoms with Gasteiger partial charge in [0.25, 0.3) is 0 Å². The van der Waals surface area contributed by atoms with Crippen LogP contribution in [0.5, 0.6) is 0 Å². The zero-order chi connectivity index (χ0) is 11.0. The fourth-order valence-electron chi connectivity index (χ4n) is 0.644. The second kappa shape index (κ2) is 7.10. The van der Waals surface area contributed by atoms with Gasteiger partial charge in [-0.2, -0.15) is 0 Å². The van der Waals surface area contributed by atoms with Crippen LogP contribution >= 0.6 is 0 Å². The van der Waals surface area contributed by atoms with Crippen molar-refractivity contribution in [1.29, 1.82) is 0 Å². The summed E-state index contributed by atoms with van der Waals surface area (Å²) in [5.74, 6) is -0.770. The van der Waals surface area contributed by atoms with Gasteiger partial charge in [-0.05, 0) is 0 Å². The Kier molecular flexibility index (Phi) is 6.42. The summed E-state index contributed by atoms with van der Waals surface area (Å²) in [4.78, 5) is 21.7. The molecule has 0 radical (unpaired) electrons. The quantitative estimate of drug-likeness (QED) is 0.461. The molecule has 82 valence electrons. The highest BCUT2D eigenvalue weighted by Gasteiger charge is 2.20. The number of amides is 1. The lowest BCUT2D eigenvalue weighted by Gasteiger charge is -2.13. The number of hydrogen-bond acceptors (Lipinski definition) is 6. The van der Waals surface area contributed by atoms with Crippen molar-refractivity contribution in [3.8, 4) is 0 Å². The van der Waals surface area contributed by atoms with Crippen LogP contribution in [0.15, 0.2) is 0 Å². The lowest BCUT2D eigenvalue weighted by Crippen LogP contribution is -2.44. The van der Waals surface area contributed by atoms with Gasteiger partial charge in [0.1, 0.15) is 6.61 Å². The number of esters is 1. The van der Waals surface area contributed by atoms with E-state index < -0.39 is 24.7 Å². The van der Waals surface area contributed by atoms with Crippen LogP contribution < -0.4 is 5.32 Å². The fourth-order valence-corrected chi connectivity index (χ4v) is 0.644. The van der Waals surface area contributed by atoms with Gasteiger partial charge in [-0.1, -0.05) is 0 Å². The third-order valence-corrected chi connectivity index (χ3v) is 1.28. The summed E-state index contributed by atoms with van der Waals surface area (Å²) in [5.41, 5.74) is 0. The standard InChI is InChI=1S/C7H13NO6/c1-13-6(11)5(4-10)8-7(12)14-3-2-9/h5,9-10H,2-4H2,1H3,(H,8,12). The van der Waals surface area contributed by atoms with Crippen molar-refractivity contribution in [1.82, 2.24) is 5.32 Å². The Labute approximate surface area is 80.6 Å². The van der Waals surface area contributed by atoms with Gasteiger partial charge in [0, 0.05) is 0 Å². The summed E-state index contributed by atoms with van der Waals surface area (Å²) in [6.07, 6.45) is -0.900. The molecule has 0 rings (SSSR count). The fraction of sp³-hybridized carbons (Fsp3) is 0.714. The summed E-state index contributed by atoms with van der Waals surface area (Å²) >= 11 is 0. The molecule has 0 aliphatic carbocycles. The lowest BCUT2D eigenvalue weighted by atomic mass is 10.3. The third-order valence-electron chi connectivity index (χ3n) is 1.28. The molecule has 0 aliphatic rings. The molecule has 0 aromatic carbocycles. The molecule has 0 aromatic rings. The summed E-state index contributed by atoms with van der Waals surface area (Å²) in [7, 11) is 1.13. The highest BCUT2D eigenvalue weighted by molar-refractivity contribution is 5.81. The molecule has 0 aliphatic heterocycles. The van der Waals surface area contributed by atoms with E-state index in [4.69, 9.17) is 10.2 Å². The highest BCUT2D eigenvalue weighted by atomic mass is 16.6. The maximum atomic E-state index is 10.9. The Morgan fingerprint density at radius 1 is 1.43 bits per heavy atom. The molecule has 7 nitrogen and oxygen atoms in total. The number of rotatable bonds is 5. The summed E-state index contributed by atoms with van der Waals surface area (Å²) in [6, 6.07) is -1.15. The predicted molar refractivity (Wildman–Crippen MR) is 44.5 cm³/mol. The molecule has 0 bridgehead atoms. The number of alkyl carbamates (subject to hydrolysis) is 1. The van der Waals surface area contributed by atoms with Crippen molar-refractivity contribution in [2.45, 2.75) is 6.04 Å². The van der Waals surface area contributed by atoms with Gasteiger partial charge >= 0.3 is 12.1 Å². The van der Waals surface area contributed by atoms with Crippen molar-refractivity contribution in [3.63, 3.8) is 0 Å². The Morgan fingerprint density at radius 2 is 2.07 bits per heavy atom. The van der Waals surface area contributed by atoms with E-state index >= 15 is 0 Å². The molecular weight excluding hydrogens is 194 g/mol. The molecule has 0 aromatic heterocycles. The molecular formula is C7H13NO6. The zero-order valence-corrected chi connectivity index (χ0v) is 7.73. The van der Waals surface area contributed by atoms with E-state index in [9.17, 15) is 9.59 Å².